The van der Waals surface area contributed by atoms with Gasteiger partial charge in [-0.3, -0.25) is 4.79 Å². The first-order valence-corrected chi connectivity index (χ1v) is 8.88. The summed E-state index contributed by atoms with van der Waals surface area (Å²) >= 11 is 4.99. The van der Waals surface area contributed by atoms with Crippen LogP contribution < -0.4 is 5.32 Å². The van der Waals surface area contributed by atoms with Crippen molar-refractivity contribution in [3.63, 3.8) is 0 Å². The Morgan fingerprint density at radius 3 is 2.48 bits per heavy atom. The van der Waals surface area contributed by atoms with Crippen molar-refractivity contribution in [1.82, 2.24) is 0 Å². The molecule has 0 aliphatic heterocycles. The van der Waals surface area contributed by atoms with Crippen molar-refractivity contribution in [2.24, 2.45) is 0 Å². The van der Waals surface area contributed by atoms with Gasteiger partial charge < -0.3 is 10.1 Å². The summed E-state index contributed by atoms with van der Waals surface area (Å²) < 4.78 is 5.92. The smallest absolute Gasteiger partial charge is 0.338 e. The van der Waals surface area contributed by atoms with E-state index in [2.05, 4.69) is 21.2 Å². The quantitative estimate of drug-likeness (QED) is 0.608. The minimum absolute atomic E-state index is 0.325. The minimum atomic E-state index is -0.516. The monoisotopic (exact) mass is 393 g/mol. The van der Waals surface area contributed by atoms with Crippen LogP contribution in [0.3, 0.4) is 0 Å². The average molecular weight is 394 g/mol. The largest absolute Gasteiger partial charge is 0.452 e. The third kappa shape index (κ3) is 5.11. The maximum Gasteiger partial charge on any atom is 0.338 e. The highest BCUT2D eigenvalue weighted by molar-refractivity contribution is 9.10. The Balaban J connectivity index is 1.87. The average Bonchev–Trinajstić information content (AvgIpc) is 2.56. The second-order valence-corrected chi connectivity index (χ2v) is 6.55. The van der Waals surface area contributed by atoms with E-state index in [9.17, 15) is 9.59 Å². The molecule has 2 aromatic carbocycles. The van der Waals surface area contributed by atoms with E-state index in [1.54, 1.807) is 36.0 Å². The second kappa shape index (κ2) is 8.17. The van der Waals surface area contributed by atoms with Crippen LogP contribution in [0.15, 0.2) is 51.8 Å². The molecule has 6 heteroatoms. The van der Waals surface area contributed by atoms with E-state index in [0.29, 0.717) is 11.3 Å². The number of anilines is 1. The number of rotatable bonds is 5. The summed E-state index contributed by atoms with van der Waals surface area (Å²) in [6.07, 6.45) is 1.96. The van der Waals surface area contributed by atoms with Gasteiger partial charge in [-0.25, -0.2) is 4.79 Å². The third-order valence-corrected chi connectivity index (χ3v) is 4.71. The molecule has 0 aromatic heterocycles. The van der Waals surface area contributed by atoms with Crippen molar-refractivity contribution >= 4 is 45.3 Å². The van der Waals surface area contributed by atoms with Crippen LogP contribution in [0.25, 0.3) is 0 Å². The number of ether oxygens (including phenoxy) is 1. The summed E-state index contributed by atoms with van der Waals surface area (Å²) in [7, 11) is 0. The number of halogens is 1. The number of carbonyl (C=O) groups excluding carboxylic acids is 2. The van der Waals surface area contributed by atoms with Crippen molar-refractivity contribution in [3.05, 3.63) is 58.1 Å². The predicted molar refractivity (Wildman–Crippen MR) is 96.0 cm³/mol. The van der Waals surface area contributed by atoms with Crippen LogP contribution in [0.2, 0.25) is 0 Å². The fourth-order valence-corrected chi connectivity index (χ4v) is 2.60. The molecule has 0 bridgehead atoms. The number of hydrogen-bond acceptors (Lipinski definition) is 4. The molecular formula is C17H16BrNO3S. The van der Waals surface area contributed by atoms with Gasteiger partial charge in [0.2, 0.25) is 0 Å². The lowest BCUT2D eigenvalue weighted by Crippen LogP contribution is -2.20. The summed E-state index contributed by atoms with van der Waals surface area (Å²) in [5, 5.41) is 2.69. The van der Waals surface area contributed by atoms with Crippen LogP contribution in [-0.4, -0.2) is 24.7 Å². The number of amides is 1. The van der Waals surface area contributed by atoms with E-state index in [1.165, 1.54) is 0 Å². The van der Waals surface area contributed by atoms with Crippen molar-refractivity contribution in [2.75, 3.05) is 18.2 Å². The van der Waals surface area contributed by atoms with E-state index >= 15 is 0 Å². The fourth-order valence-electron chi connectivity index (χ4n) is 1.81. The lowest BCUT2D eigenvalue weighted by molar-refractivity contribution is -0.119. The normalized spacial score (nSPS) is 10.2. The zero-order chi connectivity index (χ0) is 16.8. The Labute approximate surface area is 147 Å². The van der Waals surface area contributed by atoms with Gasteiger partial charge in [-0.15, -0.1) is 11.8 Å². The van der Waals surface area contributed by atoms with Gasteiger partial charge in [0.25, 0.3) is 5.91 Å². The van der Waals surface area contributed by atoms with Crippen LogP contribution in [0.4, 0.5) is 5.69 Å². The molecule has 0 fully saturated rings. The maximum atomic E-state index is 11.9. The molecule has 0 atom stereocenters. The molecule has 0 spiro atoms. The molecule has 0 saturated heterocycles. The first-order chi connectivity index (χ1) is 11.0. The number of esters is 1. The van der Waals surface area contributed by atoms with Gasteiger partial charge in [-0.2, -0.15) is 0 Å². The van der Waals surface area contributed by atoms with Crippen molar-refractivity contribution in [3.8, 4) is 0 Å². The number of thioether (sulfide) groups is 1. The highest BCUT2D eigenvalue weighted by Gasteiger charge is 2.10. The first kappa shape index (κ1) is 17.6. The molecule has 0 radical (unpaired) electrons. The molecule has 2 rings (SSSR count). The first-order valence-electron chi connectivity index (χ1n) is 6.87. The van der Waals surface area contributed by atoms with Gasteiger partial charge in [-0.1, -0.05) is 22.0 Å². The predicted octanol–water partition coefficient (Wildman–Crippen LogP) is 4.27. The standard InChI is InChI=1S/C17H16BrNO3S/c1-11-3-6-13(9-15(11)18)19-16(20)10-22-17(21)12-4-7-14(23-2)8-5-12/h3-9H,10H2,1-2H3,(H,19,20). The van der Waals surface area contributed by atoms with E-state index in [4.69, 9.17) is 4.74 Å². The SMILES string of the molecule is CSc1ccc(C(=O)OCC(=O)Nc2ccc(C)c(Br)c2)cc1. The summed E-state index contributed by atoms with van der Waals surface area (Å²) in [6, 6.07) is 12.5. The number of benzene rings is 2. The van der Waals surface area contributed by atoms with Crippen molar-refractivity contribution in [1.29, 1.82) is 0 Å². The van der Waals surface area contributed by atoms with Crippen molar-refractivity contribution < 1.29 is 14.3 Å². The third-order valence-electron chi connectivity index (χ3n) is 3.12. The van der Waals surface area contributed by atoms with Gasteiger partial charge in [-0.05, 0) is 55.1 Å². The van der Waals surface area contributed by atoms with E-state index < -0.39 is 5.97 Å². The lowest BCUT2D eigenvalue weighted by Gasteiger charge is -2.08. The molecule has 0 saturated carbocycles. The van der Waals surface area contributed by atoms with Crippen LogP contribution >= 0.6 is 27.7 Å². The Kier molecular flexibility index (Phi) is 6.24. The molecule has 23 heavy (non-hydrogen) atoms. The Morgan fingerprint density at radius 2 is 1.87 bits per heavy atom. The molecular weight excluding hydrogens is 378 g/mol. The van der Waals surface area contributed by atoms with Crippen molar-refractivity contribution in [2.45, 2.75) is 11.8 Å². The molecule has 0 aliphatic carbocycles. The van der Waals surface area contributed by atoms with E-state index in [0.717, 1.165) is 14.9 Å². The molecule has 4 nitrogen and oxygen atoms in total. The lowest BCUT2D eigenvalue weighted by atomic mass is 10.2. The molecule has 1 N–H and O–H groups in total. The van der Waals surface area contributed by atoms with E-state index in [1.807, 2.05) is 31.4 Å². The van der Waals surface area contributed by atoms with Gasteiger partial charge in [0, 0.05) is 15.1 Å². The van der Waals surface area contributed by atoms with Gasteiger partial charge in [0.05, 0.1) is 5.56 Å². The molecule has 1 amide bonds. The number of nitrogens with one attached hydrogen (secondary N) is 1. The summed E-state index contributed by atoms with van der Waals surface area (Å²) in [4.78, 5) is 24.8. The maximum absolute atomic E-state index is 11.9. The summed E-state index contributed by atoms with van der Waals surface area (Å²) in [6.45, 7) is 1.63. The van der Waals surface area contributed by atoms with E-state index in [-0.39, 0.29) is 12.5 Å². The van der Waals surface area contributed by atoms with Crippen LogP contribution in [0.5, 0.6) is 0 Å². The van der Waals surface area contributed by atoms with Crippen LogP contribution in [-0.2, 0) is 9.53 Å². The number of hydrogen-bond donors (Lipinski definition) is 1. The van der Waals surface area contributed by atoms with Gasteiger partial charge >= 0.3 is 5.97 Å². The van der Waals surface area contributed by atoms with Crippen LogP contribution in [0, 0.1) is 6.92 Å². The Morgan fingerprint density at radius 1 is 1.17 bits per heavy atom. The second-order valence-electron chi connectivity index (χ2n) is 4.82. The zero-order valence-electron chi connectivity index (χ0n) is 12.8. The number of carbonyl (C=O) groups is 2. The van der Waals surface area contributed by atoms with Crippen LogP contribution in [0.1, 0.15) is 15.9 Å². The summed E-state index contributed by atoms with van der Waals surface area (Å²) in [5.41, 5.74) is 2.14. The minimum Gasteiger partial charge on any atom is -0.452 e. The van der Waals surface area contributed by atoms with Gasteiger partial charge in [0.15, 0.2) is 6.61 Å². The number of aryl methyl sites for hydroxylation is 1. The molecule has 120 valence electrons. The molecule has 0 aliphatic rings. The Bertz CT molecular complexity index is 716. The molecule has 0 unspecified atom stereocenters. The fraction of sp³-hybridized carbons (Fsp3) is 0.176. The zero-order valence-corrected chi connectivity index (χ0v) is 15.2. The highest BCUT2D eigenvalue weighted by atomic mass is 79.9. The molecule has 2 aromatic rings. The van der Waals surface area contributed by atoms with Gasteiger partial charge in [0.1, 0.15) is 0 Å². The highest BCUT2D eigenvalue weighted by Crippen LogP contribution is 2.20. The molecule has 0 heterocycles. The topological polar surface area (TPSA) is 55.4 Å². The summed E-state index contributed by atoms with van der Waals surface area (Å²) in [5.74, 6) is -0.896. The Hall–Kier alpha value is -1.79.